The molecule has 0 bridgehead atoms. The molecule has 0 aromatic heterocycles. The van der Waals surface area contributed by atoms with Crippen LogP contribution in [0.25, 0.3) is 0 Å². The molecule has 0 saturated heterocycles. The van der Waals surface area contributed by atoms with Crippen LogP contribution in [0.15, 0.2) is 71.8 Å². The molecule has 1 amide bonds. The Morgan fingerprint density at radius 1 is 0.926 bits per heavy atom. The minimum atomic E-state index is -0.340. The molecule has 0 heterocycles. The molecule has 0 aliphatic rings. The fraction of sp³-hybridized carbons (Fsp3) is 0.0476. The van der Waals surface area contributed by atoms with Gasteiger partial charge in [0.25, 0.3) is 5.91 Å². The van der Waals surface area contributed by atoms with Crippen molar-refractivity contribution in [3.8, 4) is 0 Å². The van der Waals surface area contributed by atoms with Gasteiger partial charge in [-0.05, 0) is 54.4 Å². The summed E-state index contributed by atoms with van der Waals surface area (Å²) in [6.07, 6.45) is 1.55. The second-order valence-corrected chi connectivity index (χ2v) is 6.75. The lowest BCUT2D eigenvalue weighted by atomic mass is 10.1. The van der Waals surface area contributed by atoms with Gasteiger partial charge in [-0.25, -0.2) is 5.43 Å². The zero-order chi connectivity index (χ0) is 19.2. The molecular formula is C21H17Cl2N3O. The predicted molar refractivity (Wildman–Crippen MR) is 112 cm³/mol. The summed E-state index contributed by atoms with van der Waals surface area (Å²) in [7, 11) is 0. The van der Waals surface area contributed by atoms with Gasteiger partial charge in [0.2, 0.25) is 0 Å². The Labute approximate surface area is 167 Å². The number of nitrogens with one attached hydrogen (secondary N) is 2. The normalized spacial score (nSPS) is 10.8. The molecule has 4 nitrogen and oxygen atoms in total. The van der Waals surface area contributed by atoms with Gasteiger partial charge in [-0.3, -0.25) is 4.79 Å². The number of hydrogen-bond acceptors (Lipinski definition) is 3. The van der Waals surface area contributed by atoms with E-state index in [0.29, 0.717) is 21.3 Å². The monoisotopic (exact) mass is 397 g/mol. The van der Waals surface area contributed by atoms with Gasteiger partial charge in [0, 0.05) is 15.7 Å². The van der Waals surface area contributed by atoms with Crippen LogP contribution in [0.1, 0.15) is 21.5 Å². The van der Waals surface area contributed by atoms with Gasteiger partial charge < -0.3 is 5.32 Å². The average Bonchev–Trinajstić information content (AvgIpc) is 2.65. The van der Waals surface area contributed by atoms with Crippen LogP contribution in [-0.4, -0.2) is 12.1 Å². The summed E-state index contributed by atoms with van der Waals surface area (Å²) in [6, 6.07) is 20.0. The highest BCUT2D eigenvalue weighted by molar-refractivity contribution is 6.31. The molecule has 0 fully saturated rings. The summed E-state index contributed by atoms with van der Waals surface area (Å²) in [5, 5.41) is 8.45. The number of para-hydroxylation sites is 1. The number of benzene rings is 3. The molecule has 2 N–H and O–H groups in total. The third-order valence-corrected chi connectivity index (χ3v) is 4.38. The number of halogens is 2. The summed E-state index contributed by atoms with van der Waals surface area (Å²) in [6.45, 7) is 1.99. The van der Waals surface area contributed by atoms with E-state index in [-0.39, 0.29) is 5.91 Å². The van der Waals surface area contributed by atoms with Crippen molar-refractivity contribution >= 4 is 46.7 Å². The summed E-state index contributed by atoms with van der Waals surface area (Å²) < 4.78 is 0. The van der Waals surface area contributed by atoms with Crippen LogP contribution < -0.4 is 10.7 Å². The van der Waals surface area contributed by atoms with Crippen molar-refractivity contribution in [1.82, 2.24) is 5.43 Å². The van der Waals surface area contributed by atoms with Crippen molar-refractivity contribution in [2.75, 3.05) is 5.32 Å². The zero-order valence-corrected chi connectivity index (χ0v) is 16.1. The Morgan fingerprint density at radius 3 is 2.37 bits per heavy atom. The van der Waals surface area contributed by atoms with Crippen LogP contribution in [0.2, 0.25) is 10.0 Å². The van der Waals surface area contributed by atoms with Crippen LogP contribution in [0.3, 0.4) is 0 Å². The maximum absolute atomic E-state index is 12.6. The number of amides is 1. The van der Waals surface area contributed by atoms with E-state index >= 15 is 0 Å². The molecule has 0 aliphatic heterocycles. The summed E-state index contributed by atoms with van der Waals surface area (Å²) in [5.41, 5.74) is 6.37. The van der Waals surface area contributed by atoms with E-state index in [0.717, 1.165) is 16.8 Å². The molecule has 0 radical (unpaired) electrons. The fourth-order valence-corrected chi connectivity index (χ4v) is 2.75. The summed E-state index contributed by atoms with van der Waals surface area (Å²) in [4.78, 5) is 12.6. The van der Waals surface area contributed by atoms with Gasteiger partial charge in [0.15, 0.2) is 0 Å². The fourth-order valence-electron chi connectivity index (χ4n) is 2.45. The van der Waals surface area contributed by atoms with Crippen molar-refractivity contribution in [2.24, 2.45) is 5.10 Å². The first kappa shape index (κ1) is 19.0. The van der Waals surface area contributed by atoms with Gasteiger partial charge >= 0.3 is 0 Å². The van der Waals surface area contributed by atoms with Crippen LogP contribution in [0, 0.1) is 6.92 Å². The van der Waals surface area contributed by atoms with Crippen LogP contribution >= 0.6 is 23.2 Å². The molecule has 0 spiro atoms. The maximum atomic E-state index is 12.6. The Balaban J connectivity index is 1.78. The Kier molecular flexibility index (Phi) is 6.12. The molecule has 3 aromatic rings. The van der Waals surface area contributed by atoms with Crippen molar-refractivity contribution in [3.05, 3.63) is 93.5 Å². The second kappa shape index (κ2) is 8.71. The zero-order valence-electron chi connectivity index (χ0n) is 14.5. The average molecular weight is 398 g/mol. The van der Waals surface area contributed by atoms with Crippen LogP contribution in [-0.2, 0) is 0 Å². The lowest BCUT2D eigenvalue weighted by Gasteiger charge is -2.13. The number of hydrazone groups is 1. The third kappa shape index (κ3) is 5.09. The number of rotatable bonds is 5. The summed E-state index contributed by atoms with van der Waals surface area (Å²) in [5.74, 6) is -0.340. The molecule has 0 saturated carbocycles. The number of aryl methyl sites for hydroxylation is 1. The van der Waals surface area contributed by atoms with Gasteiger partial charge in [0.1, 0.15) is 0 Å². The van der Waals surface area contributed by atoms with Gasteiger partial charge in [-0.2, -0.15) is 5.10 Å². The number of carbonyl (C=O) groups excluding carboxylic acids is 1. The lowest BCUT2D eigenvalue weighted by molar-refractivity contribution is 0.0956. The molecule has 6 heteroatoms. The minimum Gasteiger partial charge on any atom is -0.355 e. The molecule has 0 aliphatic carbocycles. The first-order valence-corrected chi connectivity index (χ1v) is 9.00. The highest BCUT2D eigenvalue weighted by Crippen LogP contribution is 2.26. The molecule has 0 atom stereocenters. The number of nitrogens with zero attached hydrogens (tertiary/aromatic N) is 1. The van der Waals surface area contributed by atoms with E-state index in [1.54, 1.807) is 36.5 Å². The van der Waals surface area contributed by atoms with Gasteiger partial charge in [-0.15, -0.1) is 0 Å². The van der Waals surface area contributed by atoms with Gasteiger partial charge in [0.05, 0.1) is 17.5 Å². The number of hydrogen-bond donors (Lipinski definition) is 2. The topological polar surface area (TPSA) is 53.5 Å². The van der Waals surface area contributed by atoms with Crippen molar-refractivity contribution in [3.63, 3.8) is 0 Å². The number of anilines is 2. The third-order valence-electron chi connectivity index (χ3n) is 3.89. The van der Waals surface area contributed by atoms with Crippen LogP contribution in [0.4, 0.5) is 11.4 Å². The Bertz CT molecular complexity index is 985. The van der Waals surface area contributed by atoms with E-state index < -0.39 is 0 Å². The Morgan fingerprint density at radius 2 is 1.63 bits per heavy atom. The quantitative estimate of drug-likeness (QED) is 0.421. The van der Waals surface area contributed by atoms with E-state index in [9.17, 15) is 4.79 Å². The van der Waals surface area contributed by atoms with Crippen LogP contribution in [0.5, 0.6) is 0 Å². The lowest BCUT2D eigenvalue weighted by Crippen LogP contribution is -2.19. The molecule has 0 unspecified atom stereocenters. The molecule has 27 heavy (non-hydrogen) atoms. The van der Waals surface area contributed by atoms with E-state index in [4.69, 9.17) is 23.2 Å². The summed E-state index contributed by atoms with van der Waals surface area (Å²) >= 11 is 12.0. The molecule has 3 aromatic carbocycles. The standard InChI is InChI=1S/C21H17Cl2N3O/c1-14-4-2-3-5-19(14)25-20-12-17(23)10-11-18(20)21(27)26-24-13-15-6-8-16(22)9-7-15/h2-13,25H,1H3,(H,26,27)/b24-13+. The van der Waals surface area contributed by atoms with Crippen molar-refractivity contribution in [2.45, 2.75) is 6.92 Å². The smallest absolute Gasteiger partial charge is 0.273 e. The van der Waals surface area contributed by atoms with Crippen molar-refractivity contribution < 1.29 is 4.79 Å². The van der Waals surface area contributed by atoms with E-state index in [2.05, 4.69) is 15.8 Å². The van der Waals surface area contributed by atoms with E-state index in [1.165, 1.54) is 0 Å². The van der Waals surface area contributed by atoms with E-state index in [1.807, 2.05) is 43.3 Å². The molecule has 3 rings (SSSR count). The Hall–Kier alpha value is -2.82. The predicted octanol–water partition coefficient (Wildman–Crippen LogP) is 5.81. The maximum Gasteiger partial charge on any atom is 0.273 e. The highest BCUT2D eigenvalue weighted by atomic mass is 35.5. The second-order valence-electron chi connectivity index (χ2n) is 5.88. The minimum absolute atomic E-state index is 0.340. The number of carbonyl (C=O) groups is 1. The molecule has 136 valence electrons. The first-order chi connectivity index (χ1) is 13.0. The SMILES string of the molecule is Cc1ccccc1Nc1cc(Cl)ccc1C(=O)N/N=C/c1ccc(Cl)cc1. The van der Waals surface area contributed by atoms with Crippen molar-refractivity contribution in [1.29, 1.82) is 0 Å². The largest absolute Gasteiger partial charge is 0.355 e. The molecular weight excluding hydrogens is 381 g/mol. The van der Waals surface area contributed by atoms with Gasteiger partial charge in [-0.1, -0.05) is 53.5 Å². The highest BCUT2D eigenvalue weighted by Gasteiger charge is 2.12. The first-order valence-electron chi connectivity index (χ1n) is 8.24.